The summed E-state index contributed by atoms with van der Waals surface area (Å²) in [5.74, 6) is -0.203. The van der Waals surface area contributed by atoms with Crippen molar-refractivity contribution >= 4 is 5.91 Å². The first kappa shape index (κ1) is 49.2. The molecule has 1 rings (SSSR count). The van der Waals surface area contributed by atoms with Gasteiger partial charge in [0.15, 0.2) is 6.29 Å². The van der Waals surface area contributed by atoms with Gasteiger partial charge in [0.05, 0.1) is 25.4 Å². The van der Waals surface area contributed by atoms with Crippen LogP contribution >= 0.6 is 0 Å². The van der Waals surface area contributed by atoms with E-state index in [2.05, 4.69) is 55.6 Å². The van der Waals surface area contributed by atoms with Crippen LogP contribution in [-0.4, -0.2) is 87.5 Å². The molecule has 1 heterocycles. The lowest BCUT2D eigenvalue weighted by Crippen LogP contribution is -2.60. The van der Waals surface area contributed by atoms with E-state index in [-0.39, 0.29) is 12.5 Å². The van der Waals surface area contributed by atoms with Gasteiger partial charge in [0, 0.05) is 6.42 Å². The summed E-state index contributed by atoms with van der Waals surface area (Å²) in [6.07, 6.45) is 35.8. The minimum Gasteiger partial charge on any atom is -0.394 e. The highest BCUT2D eigenvalue weighted by Crippen LogP contribution is 2.22. The minimum atomic E-state index is -1.57. The topological polar surface area (TPSA) is 149 Å². The van der Waals surface area contributed by atoms with Gasteiger partial charge in [0.2, 0.25) is 5.91 Å². The van der Waals surface area contributed by atoms with Crippen LogP contribution in [0.5, 0.6) is 0 Å². The van der Waals surface area contributed by atoms with Crippen LogP contribution in [0, 0.1) is 0 Å². The van der Waals surface area contributed by atoms with Crippen LogP contribution in [0.2, 0.25) is 0 Å². The van der Waals surface area contributed by atoms with Gasteiger partial charge in [-0.15, -0.1) is 0 Å². The number of aliphatic hydroxyl groups excluding tert-OH is 5. The predicted molar refractivity (Wildman–Crippen MR) is 216 cm³/mol. The normalized spacial score (nSPS) is 22.1. The third-order valence-corrected chi connectivity index (χ3v) is 9.85. The third kappa shape index (κ3) is 25.8. The monoisotopic (exact) mass is 750 g/mol. The van der Waals surface area contributed by atoms with Gasteiger partial charge in [0.1, 0.15) is 24.4 Å². The van der Waals surface area contributed by atoms with E-state index < -0.39 is 49.5 Å². The highest BCUT2D eigenvalue weighted by atomic mass is 16.7. The molecule has 1 aliphatic rings. The number of amides is 1. The lowest BCUT2D eigenvalue weighted by Gasteiger charge is -2.40. The van der Waals surface area contributed by atoms with Crippen molar-refractivity contribution in [2.75, 3.05) is 13.2 Å². The number of unbranched alkanes of at least 4 members (excludes halogenated alkanes) is 18. The highest BCUT2D eigenvalue weighted by Gasteiger charge is 2.44. The molecular formula is C44H79NO8. The molecule has 0 saturated carbocycles. The molecule has 0 spiro atoms. The quantitative estimate of drug-likeness (QED) is 0.0285. The zero-order chi connectivity index (χ0) is 38.8. The first-order chi connectivity index (χ1) is 25.8. The van der Waals surface area contributed by atoms with Crippen molar-refractivity contribution in [2.24, 2.45) is 0 Å². The summed E-state index contributed by atoms with van der Waals surface area (Å²) in [6.45, 7) is 3.70. The van der Waals surface area contributed by atoms with E-state index in [9.17, 15) is 30.3 Å². The van der Waals surface area contributed by atoms with E-state index >= 15 is 0 Å². The molecule has 53 heavy (non-hydrogen) atoms. The number of hydrogen-bond acceptors (Lipinski definition) is 8. The van der Waals surface area contributed by atoms with Gasteiger partial charge < -0.3 is 40.3 Å². The second-order valence-corrected chi connectivity index (χ2v) is 14.8. The molecule has 7 atom stereocenters. The molecule has 0 aromatic carbocycles. The molecule has 0 bridgehead atoms. The van der Waals surface area contributed by atoms with Crippen LogP contribution in [0.25, 0.3) is 0 Å². The lowest BCUT2D eigenvalue weighted by molar-refractivity contribution is -0.302. The zero-order valence-corrected chi connectivity index (χ0v) is 33.5. The number of carbonyl (C=O) groups is 1. The number of hydrogen-bond donors (Lipinski definition) is 6. The van der Waals surface area contributed by atoms with Crippen LogP contribution in [-0.2, 0) is 14.3 Å². The number of aliphatic hydroxyl groups is 5. The third-order valence-electron chi connectivity index (χ3n) is 9.85. The van der Waals surface area contributed by atoms with Gasteiger partial charge in [-0.25, -0.2) is 0 Å². The van der Waals surface area contributed by atoms with Gasteiger partial charge in [-0.3, -0.25) is 4.79 Å². The summed E-state index contributed by atoms with van der Waals surface area (Å²) in [7, 11) is 0. The maximum Gasteiger partial charge on any atom is 0.220 e. The Morgan fingerprint density at radius 1 is 0.623 bits per heavy atom. The van der Waals surface area contributed by atoms with Crippen molar-refractivity contribution < 1.29 is 39.8 Å². The maximum atomic E-state index is 12.9. The number of nitrogens with one attached hydrogen (secondary N) is 1. The van der Waals surface area contributed by atoms with E-state index in [1.54, 1.807) is 6.08 Å². The first-order valence-electron chi connectivity index (χ1n) is 21.4. The molecule has 0 aromatic heterocycles. The fourth-order valence-electron chi connectivity index (χ4n) is 6.36. The molecule has 9 nitrogen and oxygen atoms in total. The van der Waals surface area contributed by atoms with Crippen molar-refractivity contribution in [1.82, 2.24) is 5.32 Å². The fourth-order valence-corrected chi connectivity index (χ4v) is 6.36. The van der Waals surface area contributed by atoms with E-state index in [4.69, 9.17) is 9.47 Å². The van der Waals surface area contributed by atoms with E-state index in [1.165, 1.54) is 77.0 Å². The zero-order valence-electron chi connectivity index (χ0n) is 33.5. The average molecular weight is 750 g/mol. The summed E-state index contributed by atoms with van der Waals surface area (Å²) in [4.78, 5) is 12.9. The molecule has 0 aromatic rings. The van der Waals surface area contributed by atoms with Gasteiger partial charge in [-0.1, -0.05) is 140 Å². The standard InChI is InChI=1S/C44H79NO8/c1-3-5-7-9-11-13-15-17-19-21-23-25-27-29-31-33-38(47)37(36-52-44-43(51)42(50)41(49)39(35-46)53-44)45-40(48)34-32-30-28-26-24-22-20-18-16-14-12-10-8-6-4-2/h15,17-18,20,23,25,31,33,37-39,41-44,46-47,49-51H,3-14,16,19,21-22,24,26-30,32,34-36H2,1-2H3,(H,45,48)/b17-15+,20-18-,25-23+,33-31+. The first-order valence-corrected chi connectivity index (χ1v) is 21.4. The Morgan fingerprint density at radius 3 is 1.58 bits per heavy atom. The molecule has 1 amide bonds. The SMILES string of the molecule is CCCCCCC/C=C/CC/C=C/CC/C=C/C(O)C(COC1OC(CO)C(O)C(O)C1O)NC(=O)CCCCCCC/C=C\CCCCCCCC. The number of carbonyl (C=O) groups excluding carboxylic acids is 1. The summed E-state index contributed by atoms with van der Waals surface area (Å²) in [5.41, 5.74) is 0. The van der Waals surface area contributed by atoms with Gasteiger partial charge in [-0.2, -0.15) is 0 Å². The molecule has 6 N–H and O–H groups in total. The largest absolute Gasteiger partial charge is 0.394 e. The summed E-state index contributed by atoms with van der Waals surface area (Å²) in [6, 6.07) is -0.830. The van der Waals surface area contributed by atoms with E-state index in [0.29, 0.717) is 6.42 Å². The van der Waals surface area contributed by atoms with Crippen molar-refractivity contribution in [3.63, 3.8) is 0 Å². The van der Waals surface area contributed by atoms with Crippen molar-refractivity contribution in [3.05, 3.63) is 48.6 Å². The van der Waals surface area contributed by atoms with Crippen molar-refractivity contribution in [3.8, 4) is 0 Å². The van der Waals surface area contributed by atoms with Crippen molar-refractivity contribution in [2.45, 2.75) is 211 Å². The summed E-state index contributed by atoms with van der Waals surface area (Å²) < 4.78 is 11.2. The predicted octanol–water partition coefficient (Wildman–Crippen LogP) is 8.28. The maximum absolute atomic E-state index is 12.9. The molecule has 308 valence electrons. The molecular weight excluding hydrogens is 670 g/mol. The van der Waals surface area contributed by atoms with Crippen LogP contribution in [0.15, 0.2) is 48.6 Å². The Bertz CT molecular complexity index is 967. The molecule has 7 unspecified atom stereocenters. The molecule has 1 aliphatic heterocycles. The van der Waals surface area contributed by atoms with Gasteiger partial charge in [0.25, 0.3) is 0 Å². The van der Waals surface area contributed by atoms with Crippen molar-refractivity contribution in [1.29, 1.82) is 0 Å². The Balaban J connectivity index is 2.46. The Kier molecular flexibility index (Phi) is 32.1. The number of rotatable bonds is 34. The molecule has 0 radical (unpaired) electrons. The van der Waals surface area contributed by atoms with Crippen LogP contribution < -0.4 is 5.32 Å². The lowest BCUT2D eigenvalue weighted by atomic mass is 9.99. The molecule has 9 heteroatoms. The minimum absolute atomic E-state index is 0.203. The second kappa shape index (κ2) is 34.6. The highest BCUT2D eigenvalue weighted by molar-refractivity contribution is 5.76. The molecule has 1 saturated heterocycles. The van der Waals surface area contributed by atoms with E-state index in [0.717, 1.165) is 70.6 Å². The molecule has 1 fully saturated rings. The summed E-state index contributed by atoms with van der Waals surface area (Å²) in [5, 5.41) is 54.0. The number of ether oxygens (including phenoxy) is 2. The average Bonchev–Trinajstić information content (AvgIpc) is 3.16. The van der Waals surface area contributed by atoms with Crippen LogP contribution in [0.4, 0.5) is 0 Å². The van der Waals surface area contributed by atoms with E-state index in [1.807, 2.05) is 6.08 Å². The fraction of sp³-hybridized carbons (Fsp3) is 0.795. The Morgan fingerprint density at radius 2 is 1.08 bits per heavy atom. The second-order valence-electron chi connectivity index (χ2n) is 14.8. The summed E-state index contributed by atoms with van der Waals surface area (Å²) >= 11 is 0. The number of allylic oxidation sites excluding steroid dienone is 7. The Hall–Kier alpha value is -1.85. The van der Waals surface area contributed by atoms with Gasteiger partial charge in [-0.05, 0) is 70.6 Å². The smallest absolute Gasteiger partial charge is 0.220 e. The van der Waals surface area contributed by atoms with Crippen LogP contribution in [0.1, 0.15) is 168 Å². The van der Waals surface area contributed by atoms with Gasteiger partial charge >= 0.3 is 0 Å². The Labute approximate surface area is 323 Å². The van der Waals surface area contributed by atoms with Crippen LogP contribution in [0.3, 0.4) is 0 Å². The molecule has 0 aliphatic carbocycles.